The van der Waals surface area contributed by atoms with E-state index in [1.807, 2.05) is 0 Å². The van der Waals surface area contributed by atoms with Gasteiger partial charge < -0.3 is 4.90 Å². The Kier molecular flexibility index (Phi) is 3.73. The summed E-state index contributed by atoms with van der Waals surface area (Å²) in [6.07, 6.45) is 4.86. The second-order valence-electron chi connectivity index (χ2n) is 4.31. The van der Waals surface area contributed by atoms with E-state index in [0.29, 0.717) is 0 Å². The van der Waals surface area contributed by atoms with Crippen molar-refractivity contribution in [2.24, 2.45) is 5.92 Å². The molecule has 1 heteroatoms. The molecule has 0 aromatic carbocycles. The maximum absolute atomic E-state index is 3.92. The molecule has 0 radical (unpaired) electrons. The third-order valence-electron chi connectivity index (χ3n) is 2.84. The van der Waals surface area contributed by atoms with E-state index in [1.165, 1.54) is 37.1 Å². The standard InChI is InChI=1S/C12H21N/c1-10(2)9-11(3)12-5-7-13(4)8-6-12/h9,12H,1,5-8H2,2-4H3/b11-9+. The lowest BCUT2D eigenvalue weighted by Gasteiger charge is -2.29. The zero-order valence-electron chi connectivity index (χ0n) is 9.14. The molecular formula is C12H21N. The van der Waals surface area contributed by atoms with Gasteiger partial charge in [-0.05, 0) is 52.7 Å². The van der Waals surface area contributed by atoms with E-state index in [2.05, 4.69) is 38.5 Å². The third kappa shape index (κ3) is 3.35. The fourth-order valence-electron chi connectivity index (χ4n) is 1.97. The Morgan fingerprint density at radius 3 is 2.31 bits per heavy atom. The van der Waals surface area contributed by atoms with Gasteiger partial charge in [0.05, 0.1) is 0 Å². The number of rotatable bonds is 2. The number of hydrogen-bond donors (Lipinski definition) is 0. The third-order valence-corrected chi connectivity index (χ3v) is 2.84. The van der Waals surface area contributed by atoms with Crippen LogP contribution in [0.5, 0.6) is 0 Å². The zero-order valence-corrected chi connectivity index (χ0v) is 9.14. The van der Waals surface area contributed by atoms with E-state index in [0.717, 1.165) is 5.92 Å². The average Bonchev–Trinajstić information content (AvgIpc) is 2.04. The molecule has 0 aliphatic carbocycles. The molecule has 1 fully saturated rings. The van der Waals surface area contributed by atoms with Gasteiger partial charge in [0.1, 0.15) is 0 Å². The van der Waals surface area contributed by atoms with Gasteiger partial charge in [0.25, 0.3) is 0 Å². The highest BCUT2D eigenvalue weighted by atomic mass is 15.1. The molecule has 1 aliphatic rings. The maximum Gasteiger partial charge on any atom is -0.00161 e. The molecule has 13 heavy (non-hydrogen) atoms. The first-order valence-electron chi connectivity index (χ1n) is 5.12. The minimum absolute atomic E-state index is 0.799. The summed E-state index contributed by atoms with van der Waals surface area (Å²) in [6, 6.07) is 0. The lowest BCUT2D eigenvalue weighted by Crippen LogP contribution is -2.30. The van der Waals surface area contributed by atoms with Crippen molar-refractivity contribution in [1.29, 1.82) is 0 Å². The summed E-state index contributed by atoms with van der Waals surface area (Å²) in [5, 5.41) is 0. The van der Waals surface area contributed by atoms with Gasteiger partial charge in [0.2, 0.25) is 0 Å². The fourth-order valence-corrected chi connectivity index (χ4v) is 1.97. The van der Waals surface area contributed by atoms with Crippen LogP contribution in [0.15, 0.2) is 23.8 Å². The van der Waals surface area contributed by atoms with Crippen LogP contribution in [0.1, 0.15) is 26.7 Å². The fraction of sp³-hybridized carbons (Fsp3) is 0.667. The van der Waals surface area contributed by atoms with Gasteiger partial charge in [-0.15, -0.1) is 0 Å². The summed E-state index contributed by atoms with van der Waals surface area (Å²) < 4.78 is 0. The molecule has 0 atom stereocenters. The van der Waals surface area contributed by atoms with Gasteiger partial charge in [0, 0.05) is 0 Å². The van der Waals surface area contributed by atoms with Crippen LogP contribution in [0.25, 0.3) is 0 Å². The molecule has 0 aromatic rings. The molecule has 1 heterocycles. The van der Waals surface area contributed by atoms with Crippen molar-refractivity contribution in [3.63, 3.8) is 0 Å². The van der Waals surface area contributed by atoms with Gasteiger partial charge in [-0.1, -0.05) is 23.8 Å². The van der Waals surface area contributed by atoms with Crippen LogP contribution >= 0.6 is 0 Å². The molecule has 0 amide bonds. The molecule has 74 valence electrons. The first-order valence-corrected chi connectivity index (χ1v) is 5.12. The minimum atomic E-state index is 0.799. The minimum Gasteiger partial charge on any atom is -0.306 e. The van der Waals surface area contributed by atoms with E-state index in [-0.39, 0.29) is 0 Å². The summed E-state index contributed by atoms with van der Waals surface area (Å²) in [7, 11) is 2.20. The second-order valence-corrected chi connectivity index (χ2v) is 4.31. The summed E-state index contributed by atoms with van der Waals surface area (Å²) in [5.74, 6) is 0.799. The smallest absolute Gasteiger partial charge is 0.00161 e. The van der Waals surface area contributed by atoms with Crippen LogP contribution in [0, 0.1) is 5.92 Å². The first-order chi connectivity index (χ1) is 6.09. The monoisotopic (exact) mass is 179 g/mol. The summed E-state index contributed by atoms with van der Waals surface area (Å²) in [4.78, 5) is 2.41. The molecule has 0 unspecified atom stereocenters. The summed E-state index contributed by atoms with van der Waals surface area (Å²) in [6.45, 7) is 10.7. The first kappa shape index (κ1) is 10.5. The zero-order chi connectivity index (χ0) is 9.84. The van der Waals surface area contributed by atoms with Gasteiger partial charge >= 0.3 is 0 Å². The summed E-state index contributed by atoms with van der Waals surface area (Å²) >= 11 is 0. The van der Waals surface area contributed by atoms with Crippen LogP contribution in [-0.4, -0.2) is 25.0 Å². The van der Waals surface area contributed by atoms with Crippen molar-refractivity contribution in [3.05, 3.63) is 23.8 Å². The van der Waals surface area contributed by atoms with Crippen molar-refractivity contribution in [2.45, 2.75) is 26.7 Å². The number of piperidine rings is 1. The molecule has 0 bridgehead atoms. The van der Waals surface area contributed by atoms with Crippen LogP contribution in [-0.2, 0) is 0 Å². The molecule has 0 aromatic heterocycles. The van der Waals surface area contributed by atoms with Crippen molar-refractivity contribution in [3.8, 4) is 0 Å². The molecule has 1 rings (SSSR count). The quantitative estimate of drug-likeness (QED) is 0.589. The van der Waals surface area contributed by atoms with Gasteiger partial charge in [-0.3, -0.25) is 0 Å². The lowest BCUT2D eigenvalue weighted by molar-refractivity contribution is 0.238. The van der Waals surface area contributed by atoms with Gasteiger partial charge in [0.15, 0.2) is 0 Å². The number of hydrogen-bond acceptors (Lipinski definition) is 1. The van der Waals surface area contributed by atoms with Crippen molar-refractivity contribution in [1.82, 2.24) is 4.90 Å². The van der Waals surface area contributed by atoms with Crippen molar-refractivity contribution < 1.29 is 0 Å². The van der Waals surface area contributed by atoms with Crippen LogP contribution in [0.4, 0.5) is 0 Å². The number of nitrogens with zero attached hydrogens (tertiary/aromatic N) is 1. The Labute approximate surface area is 82.1 Å². The lowest BCUT2D eigenvalue weighted by atomic mass is 9.89. The normalized spacial score (nSPS) is 21.9. The average molecular weight is 179 g/mol. The maximum atomic E-state index is 3.92. The topological polar surface area (TPSA) is 3.24 Å². The van der Waals surface area contributed by atoms with E-state index < -0.39 is 0 Å². The number of likely N-dealkylation sites (tertiary alicyclic amines) is 1. The largest absolute Gasteiger partial charge is 0.306 e. The SMILES string of the molecule is C=C(C)/C=C(\C)C1CCN(C)CC1. The van der Waals surface area contributed by atoms with E-state index >= 15 is 0 Å². The van der Waals surface area contributed by atoms with E-state index in [4.69, 9.17) is 0 Å². The Morgan fingerprint density at radius 2 is 1.85 bits per heavy atom. The van der Waals surface area contributed by atoms with Gasteiger partial charge in [-0.2, -0.15) is 0 Å². The van der Waals surface area contributed by atoms with Crippen LogP contribution in [0.3, 0.4) is 0 Å². The Bertz CT molecular complexity index is 207. The van der Waals surface area contributed by atoms with Crippen LogP contribution < -0.4 is 0 Å². The predicted molar refractivity (Wildman–Crippen MR) is 58.8 cm³/mol. The molecule has 1 saturated heterocycles. The van der Waals surface area contributed by atoms with Crippen molar-refractivity contribution in [2.75, 3.05) is 20.1 Å². The number of allylic oxidation sites excluding steroid dienone is 3. The molecule has 0 spiro atoms. The van der Waals surface area contributed by atoms with E-state index in [9.17, 15) is 0 Å². The van der Waals surface area contributed by atoms with Gasteiger partial charge in [-0.25, -0.2) is 0 Å². The highest BCUT2D eigenvalue weighted by Crippen LogP contribution is 2.24. The predicted octanol–water partition coefficient (Wildman–Crippen LogP) is 2.85. The van der Waals surface area contributed by atoms with Crippen LogP contribution in [0.2, 0.25) is 0 Å². The second kappa shape index (κ2) is 4.61. The molecule has 1 nitrogen and oxygen atoms in total. The Morgan fingerprint density at radius 1 is 1.31 bits per heavy atom. The molecule has 1 aliphatic heterocycles. The highest BCUT2D eigenvalue weighted by Gasteiger charge is 2.17. The molecular weight excluding hydrogens is 158 g/mol. The highest BCUT2D eigenvalue weighted by molar-refractivity contribution is 5.19. The molecule has 0 N–H and O–H groups in total. The Hall–Kier alpha value is -0.560. The van der Waals surface area contributed by atoms with Crippen molar-refractivity contribution >= 4 is 0 Å². The van der Waals surface area contributed by atoms with E-state index in [1.54, 1.807) is 0 Å². The molecule has 0 saturated carbocycles. The Balaban J connectivity index is 2.49. The summed E-state index contributed by atoms with van der Waals surface area (Å²) in [5.41, 5.74) is 2.69.